The lowest BCUT2D eigenvalue weighted by Gasteiger charge is -1.95. The summed E-state index contributed by atoms with van der Waals surface area (Å²) >= 11 is 0. The van der Waals surface area contributed by atoms with Gasteiger partial charge in [0.05, 0.1) is 0 Å². The molecule has 0 spiro atoms. The molecule has 0 bridgehead atoms. The Bertz CT molecular complexity index is 507. The van der Waals surface area contributed by atoms with Gasteiger partial charge in [-0.2, -0.15) is 5.10 Å². The minimum absolute atomic E-state index is 0.294. The summed E-state index contributed by atoms with van der Waals surface area (Å²) < 4.78 is 6.48. The molecule has 1 amide bonds. The number of rotatable bonds is 2. The van der Waals surface area contributed by atoms with Crippen LogP contribution < -0.4 is 5.32 Å². The van der Waals surface area contributed by atoms with Gasteiger partial charge in [0.1, 0.15) is 5.76 Å². The van der Waals surface area contributed by atoms with Crippen molar-refractivity contribution in [1.29, 1.82) is 0 Å². The van der Waals surface area contributed by atoms with Crippen molar-refractivity contribution >= 4 is 11.7 Å². The van der Waals surface area contributed by atoms with E-state index in [1.165, 1.54) is 0 Å². The van der Waals surface area contributed by atoms with Gasteiger partial charge in [-0.25, -0.2) is 0 Å². The summed E-state index contributed by atoms with van der Waals surface area (Å²) in [5.74, 6) is 0.746. The van der Waals surface area contributed by atoms with Crippen molar-refractivity contribution in [2.75, 3.05) is 5.32 Å². The first kappa shape index (κ1) is 10.4. The summed E-state index contributed by atoms with van der Waals surface area (Å²) in [6, 6.07) is 3.36. The first-order valence-electron chi connectivity index (χ1n) is 4.81. The Kier molecular flexibility index (Phi) is 2.47. The number of hydrogen-bond acceptors (Lipinski definition) is 4. The second-order valence-electron chi connectivity index (χ2n) is 3.57. The van der Waals surface area contributed by atoms with Gasteiger partial charge in [-0.3, -0.25) is 9.48 Å². The molecule has 84 valence electrons. The Morgan fingerprint density at radius 1 is 1.44 bits per heavy atom. The molecule has 0 aliphatic rings. The van der Waals surface area contributed by atoms with Gasteiger partial charge in [-0.05, 0) is 19.9 Å². The second-order valence-corrected chi connectivity index (χ2v) is 3.57. The summed E-state index contributed by atoms with van der Waals surface area (Å²) in [5.41, 5.74) is 1.28. The zero-order valence-corrected chi connectivity index (χ0v) is 9.31. The van der Waals surface area contributed by atoms with Crippen LogP contribution in [0.5, 0.6) is 0 Å². The number of anilines is 1. The Balaban J connectivity index is 2.14. The number of nitrogens with zero attached hydrogens (tertiary/aromatic N) is 3. The SMILES string of the molecule is Cc1cc(NC(=O)c2cc(C)n(C)n2)no1. The molecule has 0 radical (unpaired) electrons. The van der Waals surface area contributed by atoms with E-state index in [1.54, 1.807) is 30.8 Å². The Morgan fingerprint density at radius 2 is 2.19 bits per heavy atom. The normalized spacial score (nSPS) is 10.4. The highest BCUT2D eigenvalue weighted by Gasteiger charge is 2.12. The predicted octanol–water partition coefficient (Wildman–Crippen LogP) is 1.28. The van der Waals surface area contributed by atoms with Gasteiger partial charge >= 0.3 is 0 Å². The van der Waals surface area contributed by atoms with Crippen molar-refractivity contribution in [3.8, 4) is 0 Å². The fraction of sp³-hybridized carbons (Fsp3) is 0.300. The molecule has 2 heterocycles. The lowest BCUT2D eigenvalue weighted by Crippen LogP contribution is -2.13. The summed E-state index contributed by atoms with van der Waals surface area (Å²) in [4.78, 5) is 11.7. The van der Waals surface area contributed by atoms with Gasteiger partial charge in [0.2, 0.25) is 0 Å². The fourth-order valence-corrected chi connectivity index (χ4v) is 1.28. The number of hydrogen-bond donors (Lipinski definition) is 1. The third-order valence-electron chi connectivity index (χ3n) is 2.22. The van der Waals surface area contributed by atoms with Crippen LogP contribution in [0.25, 0.3) is 0 Å². The Labute approximate surface area is 92.2 Å². The molecule has 0 aliphatic carbocycles. The largest absolute Gasteiger partial charge is 0.360 e. The maximum absolute atomic E-state index is 11.7. The predicted molar refractivity (Wildman–Crippen MR) is 57.1 cm³/mol. The first-order chi connectivity index (χ1) is 7.56. The van der Waals surface area contributed by atoms with Crippen LogP contribution in [0.4, 0.5) is 5.82 Å². The topological polar surface area (TPSA) is 73.0 Å². The molecule has 16 heavy (non-hydrogen) atoms. The van der Waals surface area contributed by atoms with Gasteiger partial charge in [-0.15, -0.1) is 0 Å². The lowest BCUT2D eigenvalue weighted by atomic mass is 10.3. The molecule has 1 N–H and O–H groups in total. The maximum Gasteiger partial charge on any atom is 0.277 e. The fourth-order valence-electron chi connectivity index (χ4n) is 1.28. The molecule has 0 atom stereocenters. The van der Waals surface area contributed by atoms with Crippen LogP contribution in [0.1, 0.15) is 21.9 Å². The second kappa shape index (κ2) is 3.80. The van der Waals surface area contributed by atoms with E-state index in [4.69, 9.17) is 4.52 Å². The van der Waals surface area contributed by atoms with Crippen molar-refractivity contribution < 1.29 is 9.32 Å². The summed E-state index contributed by atoms with van der Waals surface area (Å²) in [5, 5.41) is 10.3. The highest BCUT2D eigenvalue weighted by molar-refractivity contribution is 6.02. The average Bonchev–Trinajstić information content (AvgIpc) is 2.75. The van der Waals surface area contributed by atoms with Gasteiger partial charge in [-0.1, -0.05) is 5.16 Å². The van der Waals surface area contributed by atoms with Crippen molar-refractivity contribution in [1.82, 2.24) is 14.9 Å². The van der Waals surface area contributed by atoms with E-state index in [-0.39, 0.29) is 5.91 Å². The van der Waals surface area contributed by atoms with Crippen LogP contribution >= 0.6 is 0 Å². The highest BCUT2D eigenvalue weighted by Crippen LogP contribution is 2.09. The zero-order valence-electron chi connectivity index (χ0n) is 9.31. The van der Waals surface area contributed by atoms with E-state index in [2.05, 4.69) is 15.6 Å². The molecule has 0 saturated heterocycles. The van der Waals surface area contributed by atoms with Crippen molar-refractivity contribution in [3.05, 3.63) is 29.3 Å². The number of amides is 1. The first-order valence-corrected chi connectivity index (χ1v) is 4.81. The molecular formula is C10H12N4O2. The van der Waals surface area contributed by atoms with Gasteiger partial charge < -0.3 is 9.84 Å². The molecule has 0 aliphatic heterocycles. The number of aryl methyl sites for hydroxylation is 3. The third kappa shape index (κ3) is 1.95. The van der Waals surface area contributed by atoms with E-state index in [1.807, 2.05) is 6.92 Å². The molecule has 2 rings (SSSR count). The molecule has 0 aromatic carbocycles. The smallest absolute Gasteiger partial charge is 0.277 e. The van der Waals surface area contributed by atoms with Gasteiger partial charge in [0.15, 0.2) is 11.5 Å². The molecule has 0 unspecified atom stereocenters. The lowest BCUT2D eigenvalue weighted by molar-refractivity contribution is 0.102. The van der Waals surface area contributed by atoms with E-state index in [0.717, 1.165) is 5.69 Å². The summed E-state index contributed by atoms with van der Waals surface area (Å²) in [6.07, 6.45) is 0. The molecule has 0 fully saturated rings. The third-order valence-corrected chi connectivity index (χ3v) is 2.22. The molecule has 2 aromatic rings. The van der Waals surface area contributed by atoms with Crippen LogP contribution in [-0.2, 0) is 7.05 Å². The molecule has 2 aromatic heterocycles. The van der Waals surface area contributed by atoms with Gasteiger partial charge in [0.25, 0.3) is 5.91 Å². The number of carbonyl (C=O) groups excluding carboxylic acids is 1. The van der Waals surface area contributed by atoms with Crippen LogP contribution in [0.2, 0.25) is 0 Å². The van der Waals surface area contributed by atoms with E-state index < -0.39 is 0 Å². The van der Waals surface area contributed by atoms with E-state index in [0.29, 0.717) is 17.3 Å². The molecule has 6 nitrogen and oxygen atoms in total. The molecular weight excluding hydrogens is 208 g/mol. The summed E-state index contributed by atoms with van der Waals surface area (Å²) in [6.45, 7) is 3.64. The molecule has 0 saturated carbocycles. The minimum atomic E-state index is -0.294. The van der Waals surface area contributed by atoms with E-state index in [9.17, 15) is 4.79 Å². The quantitative estimate of drug-likeness (QED) is 0.827. The van der Waals surface area contributed by atoms with Crippen molar-refractivity contribution in [2.24, 2.45) is 7.05 Å². The van der Waals surface area contributed by atoms with Crippen LogP contribution in [0, 0.1) is 13.8 Å². The number of aromatic nitrogens is 3. The Morgan fingerprint density at radius 3 is 2.69 bits per heavy atom. The minimum Gasteiger partial charge on any atom is -0.360 e. The monoisotopic (exact) mass is 220 g/mol. The summed E-state index contributed by atoms with van der Waals surface area (Å²) in [7, 11) is 1.78. The van der Waals surface area contributed by atoms with Crippen molar-refractivity contribution in [3.63, 3.8) is 0 Å². The highest BCUT2D eigenvalue weighted by atomic mass is 16.5. The molecule has 6 heteroatoms. The van der Waals surface area contributed by atoms with Crippen molar-refractivity contribution in [2.45, 2.75) is 13.8 Å². The zero-order chi connectivity index (χ0) is 11.7. The number of carbonyl (C=O) groups is 1. The average molecular weight is 220 g/mol. The van der Waals surface area contributed by atoms with Crippen LogP contribution in [0.15, 0.2) is 16.7 Å². The standard InChI is InChI=1S/C10H12N4O2/c1-6-4-8(12-14(6)3)10(15)11-9-5-7(2)16-13-9/h4-5H,1-3H3,(H,11,13,15). The Hall–Kier alpha value is -2.11. The van der Waals surface area contributed by atoms with Crippen LogP contribution in [0.3, 0.4) is 0 Å². The van der Waals surface area contributed by atoms with Crippen LogP contribution in [-0.4, -0.2) is 20.8 Å². The number of nitrogens with one attached hydrogen (secondary N) is 1. The van der Waals surface area contributed by atoms with Gasteiger partial charge in [0, 0.05) is 18.8 Å². The maximum atomic E-state index is 11.7. The van der Waals surface area contributed by atoms with E-state index >= 15 is 0 Å².